The van der Waals surface area contributed by atoms with Crippen LogP contribution in [-0.4, -0.2) is 37.0 Å². The minimum absolute atomic E-state index is 0.0987. The first-order valence-electron chi connectivity index (χ1n) is 6.70. The van der Waals surface area contributed by atoms with Crippen LogP contribution < -0.4 is 11.1 Å². The molecular formula is C14H18Cl3N3O. The van der Waals surface area contributed by atoms with Gasteiger partial charge in [-0.2, -0.15) is 0 Å². The van der Waals surface area contributed by atoms with Crippen molar-refractivity contribution in [2.45, 2.75) is 13.3 Å². The first kappa shape index (κ1) is 16.8. The van der Waals surface area contributed by atoms with Gasteiger partial charge in [0.1, 0.15) is 0 Å². The van der Waals surface area contributed by atoms with Crippen molar-refractivity contribution in [1.82, 2.24) is 4.90 Å². The SMILES string of the molecule is CC1(CN)CCN(CC(=O)Nc2cc(Cl)c(Cl)cc2Cl)C1. The predicted molar refractivity (Wildman–Crippen MR) is 88.3 cm³/mol. The molecule has 0 aromatic heterocycles. The molecule has 1 aliphatic rings. The minimum Gasteiger partial charge on any atom is -0.330 e. The summed E-state index contributed by atoms with van der Waals surface area (Å²) in [5.41, 5.74) is 6.33. The molecule has 3 N–H and O–H groups in total. The summed E-state index contributed by atoms with van der Waals surface area (Å²) >= 11 is 17.8. The molecule has 0 aliphatic carbocycles. The van der Waals surface area contributed by atoms with Gasteiger partial charge in [-0.3, -0.25) is 9.69 Å². The highest BCUT2D eigenvalue weighted by Crippen LogP contribution is 2.32. The maximum Gasteiger partial charge on any atom is 0.238 e. The third-order valence-electron chi connectivity index (χ3n) is 3.78. The Labute approximate surface area is 139 Å². The fourth-order valence-electron chi connectivity index (χ4n) is 2.44. The Hall–Kier alpha value is -0.520. The van der Waals surface area contributed by atoms with Gasteiger partial charge in [-0.1, -0.05) is 41.7 Å². The Morgan fingerprint density at radius 2 is 2.00 bits per heavy atom. The van der Waals surface area contributed by atoms with Crippen LogP contribution in [0.15, 0.2) is 12.1 Å². The number of likely N-dealkylation sites (tertiary alicyclic amines) is 1. The summed E-state index contributed by atoms with van der Waals surface area (Å²) in [6.45, 7) is 4.78. The Morgan fingerprint density at radius 1 is 1.33 bits per heavy atom. The summed E-state index contributed by atoms with van der Waals surface area (Å²) in [5, 5.41) is 3.84. The zero-order chi connectivity index (χ0) is 15.6. The van der Waals surface area contributed by atoms with Crippen LogP contribution in [-0.2, 0) is 4.79 Å². The first-order valence-corrected chi connectivity index (χ1v) is 7.83. The Balaban J connectivity index is 1.95. The summed E-state index contributed by atoms with van der Waals surface area (Å²) in [4.78, 5) is 14.2. The van der Waals surface area contributed by atoms with Gasteiger partial charge in [0.2, 0.25) is 5.91 Å². The number of nitrogens with two attached hydrogens (primary N) is 1. The van der Waals surface area contributed by atoms with Crippen LogP contribution in [0.4, 0.5) is 5.69 Å². The van der Waals surface area contributed by atoms with Gasteiger partial charge >= 0.3 is 0 Å². The highest BCUT2D eigenvalue weighted by atomic mass is 35.5. The van der Waals surface area contributed by atoms with E-state index in [1.54, 1.807) is 6.07 Å². The lowest BCUT2D eigenvalue weighted by Gasteiger charge is -2.22. The summed E-state index contributed by atoms with van der Waals surface area (Å²) in [5.74, 6) is -0.128. The maximum atomic E-state index is 12.1. The highest BCUT2D eigenvalue weighted by Gasteiger charge is 2.33. The van der Waals surface area contributed by atoms with Crippen molar-refractivity contribution >= 4 is 46.4 Å². The Kier molecular flexibility index (Phi) is 5.38. The number of hydrogen-bond donors (Lipinski definition) is 2. The third-order valence-corrected chi connectivity index (χ3v) is 4.82. The molecule has 0 radical (unpaired) electrons. The van der Waals surface area contributed by atoms with Crippen molar-refractivity contribution < 1.29 is 4.79 Å². The maximum absolute atomic E-state index is 12.1. The molecule has 1 aromatic rings. The second kappa shape index (κ2) is 6.71. The number of benzene rings is 1. The van der Waals surface area contributed by atoms with Gasteiger partial charge in [-0.15, -0.1) is 0 Å². The van der Waals surface area contributed by atoms with Crippen LogP contribution in [0.1, 0.15) is 13.3 Å². The van der Waals surface area contributed by atoms with E-state index in [1.165, 1.54) is 6.07 Å². The number of halogens is 3. The molecule has 1 aliphatic heterocycles. The molecule has 0 spiro atoms. The molecular weight excluding hydrogens is 333 g/mol. The molecule has 1 heterocycles. The van der Waals surface area contributed by atoms with Crippen molar-refractivity contribution in [3.63, 3.8) is 0 Å². The topological polar surface area (TPSA) is 58.4 Å². The normalized spacial score (nSPS) is 22.5. The average Bonchev–Trinajstić information content (AvgIpc) is 2.78. The van der Waals surface area contributed by atoms with Crippen LogP contribution >= 0.6 is 34.8 Å². The summed E-state index contributed by atoms with van der Waals surface area (Å²) < 4.78 is 0. The number of carbonyl (C=O) groups is 1. The minimum atomic E-state index is -0.128. The highest BCUT2D eigenvalue weighted by molar-refractivity contribution is 6.44. The zero-order valence-electron chi connectivity index (χ0n) is 11.8. The fraction of sp³-hybridized carbons (Fsp3) is 0.500. The number of rotatable bonds is 4. The average molecular weight is 351 g/mol. The molecule has 21 heavy (non-hydrogen) atoms. The smallest absolute Gasteiger partial charge is 0.238 e. The van der Waals surface area contributed by atoms with E-state index in [0.29, 0.717) is 33.8 Å². The van der Waals surface area contributed by atoms with Gasteiger partial charge in [-0.25, -0.2) is 0 Å². The number of hydrogen-bond acceptors (Lipinski definition) is 3. The van der Waals surface area contributed by atoms with Gasteiger partial charge in [0, 0.05) is 6.54 Å². The van der Waals surface area contributed by atoms with Crippen molar-refractivity contribution in [2.75, 3.05) is 31.5 Å². The number of anilines is 1. The number of amides is 1. The van der Waals surface area contributed by atoms with Gasteiger partial charge < -0.3 is 11.1 Å². The molecule has 1 unspecified atom stereocenters. The van der Waals surface area contributed by atoms with Gasteiger partial charge in [0.05, 0.1) is 27.3 Å². The van der Waals surface area contributed by atoms with Gasteiger partial charge in [0.25, 0.3) is 0 Å². The fourth-order valence-corrected chi connectivity index (χ4v) is 3.03. The van der Waals surface area contributed by atoms with Crippen molar-refractivity contribution in [2.24, 2.45) is 11.1 Å². The monoisotopic (exact) mass is 349 g/mol. The molecule has 1 atom stereocenters. The zero-order valence-corrected chi connectivity index (χ0v) is 14.0. The molecule has 116 valence electrons. The van der Waals surface area contributed by atoms with Crippen LogP contribution in [0.3, 0.4) is 0 Å². The van der Waals surface area contributed by atoms with E-state index in [0.717, 1.165) is 19.5 Å². The van der Waals surface area contributed by atoms with Crippen LogP contribution in [0, 0.1) is 5.41 Å². The third kappa shape index (κ3) is 4.24. The summed E-state index contributed by atoms with van der Waals surface area (Å²) in [6.07, 6.45) is 1.00. The molecule has 0 saturated carbocycles. The van der Waals surface area contributed by atoms with Gasteiger partial charge in [0.15, 0.2) is 0 Å². The number of nitrogens with one attached hydrogen (secondary N) is 1. The molecule has 7 heteroatoms. The van der Waals surface area contributed by atoms with Crippen molar-refractivity contribution in [3.8, 4) is 0 Å². The lowest BCUT2D eigenvalue weighted by molar-refractivity contribution is -0.117. The van der Waals surface area contributed by atoms with E-state index in [4.69, 9.17) is 40.5 Å². The van der Waals surface area contributed by atoms with E-state index in [-0.39, 0.29) is 11.3 Å². The molecule has 1 fully saturated rings. The van der Waals surface area contributed by atoms with E-state index in [1.807, 2.05) is 0 Å². The standard InChI is InChI=1S/C14H18Cl3N3O/c1-14(7-18)2-3-20(8-14)6-13(21)19-12-5-10(16)9(15)4-11(12)17/h4-5H,2-3,6-8,18H2,1H3,(H,19,21). The van der Waals surface area contributed by atoms with E-state index >= 15 is 0 Å². The predicted octanol–water partition coefficient (Wildman–Crippen LogP) is 3.26. The van der Waals surface area contributed by atoms with E-state index in [9.17, 15) is 4.79 Å². The second-order valence-electron chi connectivity index (χ2n) is 5.77. The molecule has 1 amide bonds. The largest absolute Gasteiger partial charge is 0.330 e. The van der Waals surface area contributed by atoms with Crippen molar-refractivity contribution in [1.29, 1.82) is 0 Å². The Morgan fingerprint density at radius 3 is 2.62 bits per heavy atom. The first-order chi connectivity index (χ1) is 9.83. The lowest BCUT2D eigenvalue weighted by atomic mass is 9.90. The summed E-state index contributed by atoms with van der Waals surface area (Å²) in [6, 6.07) is 3.07. The van der Waals surface area contributed by atoms with Crippen molar-refractivity contribution in [3.05, 3.63) is 27.2 Å². The number of nitrogens with zero attached hydrogens (tertiary/aromatic N) is 1. The molecule has 1 aromatic carbocycles. The quantitative estimate of drug-likeness (QED) is 0.820. The molecule has 4 nitrogen and oxygen atoms in total. The van der Waals surface area contributed by atoms with Crippen LogP contribution in [0.2, 0.25) is 15.1 Å². The Bertz CT molecular complexity index is 553. The molecule has 2 rings (SSSR count). The molecule has 0 bridgehead atoms. The molecule has 1 saturated heterocycles. The second-order valence-corrected chi connectivity index (χ2v) is 6.99. The lowest BCUT2D eigenvalue weighted by Crippen LogP contribution is -2.35. The summed E-state index contributed by atoms with van der Waals surface area (Å²) in [7, 11) is 0. The van der Waals surface area contributed by atoms with Gasteiger partial charge in [-0.05, 0) is 37.1 Å². The van der Waals surface area contributed by atoms with Crippen LogP contribution in [0.5, 0.6) is 0 Å². The van der Waals surface area contributed by atoms with E-state index in [2.05, 4.69) is 17.1 Å². The van der Waals surface area contributed by atoms with Crippen LogP contribution in [0.25, 0.3) is 0 Å². The van der Waals surface area contributed by atoms with E-state index < -0.39 is 0 Å². The number of carbonyl (C=O) groups excluding carboxylic acids is 1.